The summed E-state index contributed by atoms with van der Waals surface area (Å²) in [6, 6.07) is 11.7. The topological polar surface area (TPSA) is 140 Å². The minimum absolute atomic E-state index is 0. The molecule has 5 fully saturated rings. The summed E-state index contributed by atoms with van der Waals surface area (Å²) in [6.45, 7) is 7.46. The number of imide groups is 1. The van der Waals surface area contributed by atoms with E-state index >= 15 is 0 Å². The smallest absolute Gasteiger partial charge is 0.780 e. The number of aliphatic hydroxyl groups excluding tert-OH is 1. The van der Waals surface area contributed by atoms with Crippen LogP contribution in [-0.2, 0) is 32.4 Å². The zero-order chi connectivity index (χ0) is 39.2. The molecule has 300 valence electrons. The Balaban J connectivity index is 0.000000166. The first-order valence-corrected chi connectivity index (χ1v) is 21.4. The number of hydrogen-bond acceptors (Lipinski definition) is 10. The van der Waals surface area contributed by atoms with Crippen LogP contribution in [0.3, 0.4) is 0 Å². The second kappa shape index (κ2) is 19.9. The van der Waals surface area contributed by atoms with Gasteiger partial charge in [0.25, 0.3) is 0 Å². The normalized spacial score (nSPS) is 21.8. The zero-order valence-electron chi connectivity index (χ0n) is 33.5. The Bertz CT molecular complexity index is 1890. The molecular formula is C43H55ClN7NaO4S. The molecule has 9 rings (SSSR count). The average Bonchev–Trinajstić information content (AvgIpc) is 3.95. The van der Waals surface area contributed by atoms with Crippen molar-refractivity contribution in [2.75, 3.05) is 48.3 Å². The van der Waals surface area contributed by atoms with Crippen LogP contribution in [0, 0.1) is 12.8 Å². The van der Waals surface area contributed by atoms with Gasteiger partial charge in [-0.05, 0) is 87.1 Å². The minimum Gasteiger partial charge on any atom is -0.780 e. The molecular weight excluding hydrogens is 769 g/mol. The van der Waals surface area contributed by atoms with Gasteiger partial charge in [0.1, 0.15) is 5.82 Å². The van der Waals surface area contributed by atoms with E-state index in [1.165, 1.54) is 57.9 Å². The molecule has 57 heavy (non-hydrogen) atoms. The number of nitrogens with one attached hydrogen (secondary N) is 3. The molecule has 0 radical (unpaired) electrons. The van der Waals surface area contributed by atoms with Gasteiger partial charge in [-0.3, -0.25) is 24.6 Å². The maximum absolute atomic E-state index is 12.1. The summed E-state index contributed by atoms with van der Waals surface area (Å²) in [5, 5.41) is 18.0. The monoisotopic (exact) mass is 823 g/mol. The number of aliphatic hydroxyl groups is 1. The van der Waals surface area contributed by atoms with Gasteiger partial charge in [0.15, 0.2) is 0 Å². The van der Waals surface area contributed by atoms with Crippen LogP contribution in [0.1, 0.15) is 112 Å². The van der Waals surface area contributed by atoms with Gasteiger partial charge in [-0.1, -0.05) is 68.3 Å². The Morgan fingerprint density at radius 1 is 0.912 bits per heavy atom. The van der Waals surface area contributed by atoms with Gasteiger partial charge in [-0.15, -0.1) is 0 Å². The molecule has 3 aromatic rings. The molecule has 2 aromatic carbocycles. The van der Waals surface area contributed by atoms with Crippen molar-refractivity contribution in [2.45, 2.75) is 119 Å². The molecule has 4 heterocycles. The second-order valence-electron chi connectivity index (χ2n) is 16.4. The number of anilines is 4. The summed E-state index contributed by atoms with van der Waals surface area (Å²) in [5.41, 5.74) is 4.48. The van der Waals surface area contributed by atoms with Crippen molar-refractivity contribution < 1.29 is 49.0 Å². The maximum atomic E-state index is 12.1. The summed E-state index contributed by atoms with van der Waals surface area (Å²) in [6.07, 6.45) is 17.4. The SMILES string of the molecule is Cc1cc([S-])ccc1Nc1ncc2c(n1)NC(=O)C21CC1.O=C1CCC(c2ccc(N3CCN(CC4CCCCC4)CC3)cc2Cl)C(=O)N1.OC1CCCCC1.[Na+]. The molecule has 4 N–H and O–H groups in total. The molecule has 2 saturated heterocycles. The number of halogens is 1. The molecule has 3 aliphatic carbocycles. The summed E-state index contributed by atoms with van der Waals surface area (Å²) >= 11 is 11.7. The third-order valence-corrected chi connectivity index (χ3v) is 12.9. The van der Waals surface area contributed by atoms with Crippen molar-refractivity contribution in [3.63, 3.8) is 0 Å². The molecule has 1 atom stereocenters. The third-order valence-electron chi connectivity index (χ3n) is 12.3. The van der Waals surface area contributed by atoms with E-state index in [2.05, 4.69) is 41.8 Å². The number of piperazine rings is 1. The van der Waals surface area contributed by atoms with Crippen molar-refractivity contribution >= 4 is 65.1 Å². The molecule has 11 nitrogen and oxygen atoms in total. The summed E-state index contributed by atoms with van der Waals surface area (Å²) in [7, 11) is 0. The molecule has 14 heteroatoms. The van der Waals surface area contributed by atoms with Crippen molar-refractivity contribution in [1.29, 1.82) is 0 Å². The van der Waals surface area contributed by atoms with Gasteiger partial charge >= 0.3 is 29.6 Å². The second-order valence-corrected chi connectivity index (χ2v) is 17.3. The molecule has 3 amide bonds. The Kier molecular flexibility index (Phi) is 15.3. The van der Waals surface area contributed by atoms with Crippen LogP contribution in [-0.4, -0.2) is 76.5 Å². The number of benzene rings is 2. The molecule has 1 spiro atoms. The number of nitrogens with zero attached hydrogens (tertiary/aromatic N) is 4. The van der Waals surface area contributed by atoms with Crippen LogP contribution >= 0.6 is 11.6 Å². The molecule has 6 aliphatic rings. The van der Waals surface area contributed by atoms with Crippen molar-refractivity contribution in [3.8, 4) is 0 Å². The quantitative estimate of drug-likeness (QED) is 0.162. The number of aryl methyl sites for hydroxylation is 1. The first kappa shape index (κ1) is 43.7. The van der Waals surface area contributed by atoms with E-state index in [0.717, 1.165) is 90.7 Å². The Morgan fingerprint density at radius 2 is 1.61 bits per heavy atom. The predicted octanol–water partition coefficient (Wildman–Crippen LogP) is 4.30. The van der Waals surface area contributed by atoms with Crippen LogP contribution in [0.15, 0.2) is 47.5 Å². The Morgan fingerprint density at radius 3 is 2.23 bits per heavy atom. The maximum Gasteiger partial charge on any atom is 1.00 e. The fraction of sp³-hybridized carbons (Fsp3) is 0.558. The predicted molar refractivity (Wildman–Crippen MR) is 223 cm³/mol. The van der Waals surface area contributed by atoms with Gasteiger partial charge in [0.2, 0.25) is 23.7 Å². The Hall–Kier alpha value is -2.84. The van der Waals surface area contributed by atoms with Gasteiger partial charge in [0.05, 0.1) is 17.4 Å². The fourth-order valence-electron chi connectivity index (χ4n) is 8.75. The van der Waals surface area contributed by atoms with Crippen molar-refractivity contribution in [1.82, 2.24) is 20.2 Å². The number of rotatable bonds is 6. The first-order chi connectivity index (χ1) is 27.1. The average molecular weight is 824 g/mol. The number of fused-ring (bicyclic) bond motifs is 2. The van der Waals surface area contributed by atoms with E-state index in [1.54, 1.807) is 6.20 Å². The molecule has 3 aliphatic heterocycles. The van der Waals surface area contributed by atoms with Crippen LogP contribution in [0.4, 0.5) is 23.1 Å². The number of carbonyl (C=O) groups is 3. The van der Waals surface area contributed by atoms with E-state index in [4.69, 9.17) is 29.3 Å². The van der Waals surface area contributed by atoms with Crippen molar-refractivity contribution in [3.05, 3.63) is 64.3 Å². The molecule has 3 saturated carbocycles. The molecule has 0 bridgehead atoms. The van der Waals surface area contributed by atoms with Crippen LogP contribution < -0.4 is 50.4 Å². The van der Waals surface area contributed by atoms with E-state index in [9.17, 15) is 14.4 Å². The van der Waals surface area contributed by atoms with Crippen LogP contribution in [0.25, 0.3) is 0 Å². The van der Waals surface area contributed by atoms with Gasteiger partial charge < -0.3 is 33.3 Å². The largest absolute Gasteiger partial charge is 1.00 e. The summed E-state index contributed by atoms with van der Waals surface area (Å²) in [5.74, 6) is 1.30. The Labute approximate surface area is 369 Å². The van der Waals surface area contributed by atoms with E-state index in [0.29, 0.717) is 29.6 Å². The van der Waals surface area contributed by atoms with E-state index in [1.807, 2.05) is 37.3 Å². The summed E-state index contributed by atoms with van der Waals surface area (Å²) < 4.78 is 0. The third kappa shape index (κ3) is 11.1. The summed E-state index contributed by atoms with van der Waals surface area (Å²) in [4.78, 5) is 50.0. The number of aromatic nitrogens is 2. The number of amides is 3. The van der Waals surface area contributed by atoms with E-state index < -0.39 is 0 Å². The molecule has 1 aromatic heterocycles. The zero-order valence-corrected chi connectivity index (χ0v) is 37.0. The molecule has 1 unspecified atom stereocenters. The van der Waals surface area contributed by atoms with Gasteiger partial charge in [-0.2, -0.15) is 9.88 Å². The van der Waals surface area contributed by atoms with Crippen LogP contribution in [0.5, 0.6) is 0 Å². The first-order valence-electron chi connectivity index (χ1n) is 20.6. The fourth-order valence-corrected chi connectivity index (χ4v) is 9.30. The number of hydrogen-bond donors (Lipinski definition) is 4. The number of carbonyl (C=O) groups excluding carboxylic acids is 3. The number of piperidine rings is 1. The van der Waals surface area contributed by atoms with Gasteiger partial charge in [-0.25, -0.2) is 4.98 Å². The van der Waals surface area contributed by atoms with Crippen LogP contribution in [0.2, 0.25) is 5.02 Å². The van der Waals surface area contributed by atoms with E-state index in [-0.39, 0.29) is 64.7 Å². The van der Waals surface area contributed by atoms with Gasteiger partial charge in [0, 0.05) is 67.3 Å². The standard InChI is InChI=1S/C22H30ClN3O2.C15H14N4OS.C6H12O.Na/c23-20-14-17(6-7-18(20)19-8-9-21(27)24-22(19)28)26-12-10-25(11-13-26)15-16-4-2-1-3-5-16;1-8-6-9(21)2-3-11(8)17-14-16-7-10-12(19-14)18-13(20)15(10)4-5-15;7-6-4-2-1-3-5-6;/h6-7,14,16,19H,1-5,8-13,15H2,(H,24,27,28);2-3,6-7,21H,4-5H2,1H3,(H2,16,17,18,19,20);6-7H,1-5H2;/q;;;+1/p-1. The van der Waals surface area contributed by atoms with Crippen molar-refractivity contribution in [2.24, 2.45) is 5.92 Å². The minimum atomic E-state index is -0.340.